The van der Waals surface area contributed by atoms with Crippen LogP contribution in [0.15, 0.2) is 18.6 Å². The lowest BCUT2D eigenvalue weighted by Gasteiger charge is -2.30. The number of aromatic nitrogens is 3. The number of alkyl halides is 2. The molecular formula is C29H40Cl2F2N4O3. The highest BCUT2D eigenvalue weighted by atomic mass is 35.5. The maximum Gasteiger partial charge on any atom is 0.290 e. The minimum Gasteiger partial charge on any atom is -0.374 e. The first-order valence-corrected chi connectivity index (χ1v) is 14.7. The molecule has 0 unspecified atom stereocenters. The summed E-state index contributed by atoms with van der Waals surface area (Å²) < 4.78 is 38.8. The molecule has 1 aliphatic carbocycles. The number of pyridine rings is 1. The molecule has 1 amide bonds. The van der Waals surface area contributed by atoms with Gasteiger partial charge in [0.2, 0.25) is 0 Å². The van der Waals surface area contributed by atoms with Crippen molar-refractivity contribution in [1.82, 2.24) is 19.7 Å². The van der Waals surface area contributed by atoms with Gasteiger partial charge in [-0.2, -0.15) is 13.9 Å². The Balaban J connectivity index is 2.01. The third-order valence-corrected chi connectivity index (χ3v) is 7.77. The number of ether oxygens (including phenoxy) is 1. The highest BCUT2D eigenvalue weighted by Crippen LogP contribution is 2.40. The molecule has 222 valence electrons. The molecule has 0 aromatic carbocycles. The summed E-state index contributed by atoms with van der Waals surface area (Å²) in [5, 5.41) is 4.44. The number of ketones is 1. The van der Waals surface area contributed by atoms with Crippen LogP contribution < -0.4 is 0 Å². The second-order valence-corrected chi connectivity index (χ2v) is 12.5. The average Bonchev–Trinajstić information content (AvgIpc) is 3.32. The highest BCUT2D eigenvalue weighted by Gasteiger charge is 2.42. The molecule has 0 N–H and O–H groups in total. The fraction of sp³-hybridized carbons (Fsp3) is 0.655. The molecule has 11 heteroatoms. The fourth-order valence-electron chi connectivity index (χ4n) is 4.98. The van der Waals surface area contributed by atoms with Crippen molar-refractivity contribution in [1.29, 1.82) is 0 Å². The van der Waals surface area contributed by atoms with E-state index in [0.717, 1.165) is 12.8 Å². The zero-order valence-corrected chi connectivity index (χ0v) is 25.5. The number of nitrogens with zero attached hydrogens (tertiary/aromatic N) is 4. The first-order chi connectivity index (χ1) is 18.7. The van der Waals surface area contributed by atoms with Crippen molar-refractivity contribution in [2.75, 3.05) is 19.7 Å². The Morgan fingerprint density at radius 2 is 1.73 bits per heavy atom. The summed E-state index contributed by atoms with van der Waals surface area (Å²) in [5.41, 5.74) is -1.05. The van der Waals surface area contributed by atoms with Gasteiger partial charge in [-0.3, -0.25) is 19.3 Å². The molecule has 2 aromatic rings. The summed E-state index contributed by atoms with van der Waals surface area (Å²) in [6, 6.07) is -0.214. The first kappa shape index (κ1) is 32.4. The lowest BCUT2D eigenvalue weighted by Crippen LogP contribution is -2.40. The topological polar surface area (TPSA) is 77.3 Å². The number of carbonyl (C=O) groups excluding carboxylic acids is 2. The molecule has 1 saturated carbocycles. The molecule has 0 radical (unpaired) electrons. The van der Waals surface area contributed by atoms with Crippen LogP contribution in [0.4, 0.5) is 8.78 Å². The van der Waals surface area contributed by atoms with E-state index in [4.69, 9.17) is 27.9 Å². The van der Waals surface area contributed by atoms with Gasteiger partial charge in [0, 0.05) is 25.4 Å². The van der Waals surface area contributed by atoms with E-state index in [1.54, 1.807) is 0 Å². The third-order valence-electron chi connectivity index (χ3n) is 7.20. The Hall–Kier alpha value is -2.10. The molecule has 2 aromatic heterocycles. The van der Waals surface area contributed by atoms with Gasteiger partial charge in [0.1, 0.15) is 5.69 Å². The maximum atomic E-state index is 15.8. The molecular weight excluding hydrogens is 561 g/mol. The normalized spacial score (nSPS) is 18.1. The van der Waals surface area contributed by atoms with Gasteiger partial charge in [0.15, 0.2) is 5.78 Å². The van der Waals surface area contributed by atoms with E-state index in [9.17, 15) is 9.59 Å². The monoisotopic (exact) mass is 600 g/mol. The molecule has 0 atom stereocenters. The second-order valence-electron chi connectivity index (χ2n) is 11.7. The van der Waals surface area contributed by atoms with E-state index in [2.05, 4.69) is 17.0 Å². The molecule has 0 spiro atoms. The summed E-state index contributed by atoms with van der Waals surface area (Å²) in [7, 11) is 0. The average molecular weight is 602 g/mol. The summed E-state index contributed by atoms with van der Waals surface area (Å²) in [4.78, 5) is 32.4. The van der Waals surface area contributed by atoms with Crippen LogP contribution in [0.2, 0.25) is 10.0 Å². The lowest BCUT2D eigenvalue weighted by atomic mass is 9.87. The number of halogens is 4. The molecule has 3 rings (SSSR count). The van der Waals surface area contributed by atoms with Crippen molar-refractivity contribution >= 4 is 34.9 Å². The van der Waals surface area contributed by atoms with Crippen LogP contribution in [-0.2, 0) is 10.7 Å². The van der Waals surface area contributed by atoms with Gasteiger partial charge < -0.3 is 9.64 Å². The third kappa shape index (κ3) is 8.23. The summed E-state index contributed by atoms with van der Waals surface area (Å²) in [6.07, 6.45) is 7.55. The summed E-state index contributed by atoms with van der Waals surface area (Å²) >= 11 is 12.4. The minimum absolute atomic E-state index is 0.00569. The second kappa shape index (κ2) is 13.7. The number of carbonyl (C=O) groups is 2. The predicted octanol–water partition coefficient (Wildman–Crippen LogP) is 7.76. The molecule has 1 aliphatic rings. The van der Waals surface area contributed by atoms with Gasteiger partial charge in [-0.05, 0) is 58.8 Å². The first-order valence-electron chi connectivity index (χ1n) is 14.0. The van der Waals surface area contributed by atoms with Crippen molar-refractivity contribution in [2.24, 2.45) is 5.92 Å². The van der Waals surface area contributed by atoms with Gasteiger partial charge in [0.05, 0.1) is 52.2 Å². The Labute approximate surface area is 245 Å². The molecule has 40 heavy (non-hydrogen) atoms. The van der Waals surface area contributed by atoms with Crippen LogP contribution in [0.3, 0.4) is 0 Å². The van der Waals surface area contributed by atoms with E-state index >= 15 is 8.78 Å². The molecule has 1 fully saturated rings. The van der Waals surface area contributed by atoms with Gasteiger partial charge in [-0.15, -0.1) is 0 Å². The van der Waals surface area contributed by atoms with Crippen LogP contribution >= 0.6 is 23.2 Å². The SMILES string of the molecule is CCCCC(F)(F)c1c(C(=O)N(CCOC(C)(C)C)CC(=O)c2c(Cl)cncc2Cl)cnn1C1CCC(C)CC1. The maximum absolute atomic E-state index is 15.8. The summed E-state index contributed by atoms with van der Waals surface area (Å²) in [5.74, 6) is -3.99. The molecule has 0 aliphatic heterocycles. The Morgan fingerprint density at radius 3 is 2.30 bits per heavy atom. The number of amides is 1. The van der Waals surface area contributed by atoms with Crippen LogP contribution in [-0.4, -0.2) is 56.7 Å². The van der Waals surface area contributed by atoms with E-state index in [-0.39, 0.29) is 46.1 Å². The Bertz CT molecular complexity index is 1150. The van der Waals surface area contributed by atoms with Gasteiger partial charge >= 0.3 is 0 Å². The van der Waals surface area contributed by atoms with Crippen molar-refractivity contribution in [3.63, 3.8) is 0 Å². The van der Waals surface area contributed by atoms with Gasteiger partial charge in [-0.25, -0.2) is 0 Å². The fourth-order valence-corrected chi connectivity index (χ4v) is 5.55. The number of rotatable bonds is 12. The minimum atomic E-state index is -3.27. The largest absolute Gasteiger partial charge is 0.374 e. The molecule has 0 bridgehead atoms. The molecule has 0 saturated heterocycles. The van der Waals surface area contributed by atoms with Crippen LogP contribution in [0.5, 0.6) is 0 Å². The van der Waals surface area contributed by atoms with Crippen molar-refractivity contribution in [3.05, 3.63) is 45.5 Å². The highest BCUT2D eigenvalue weighted by molar-refractivity contribution is 6.39. The standard InChI is InChI=1S/C29H40Cl2F2N4O3/c1-6-7-12-29(32,33)26-21(15-35-37(26)20-10-8-19(2)9-11-20)27(39)36(13-14-40-28(3,4)5)18-24(38)25-22(30)16-34-17-23(25)31/h15-17,19-20H,6-14,18H2,1-5H3. The predicted molar refractivity (Wildman–Crippen MR) is 153 cm³/mol. The van der Waals surface area contributed by atoms with E-state index < -0.39 is 36.2 Å². The van der Waals surface area contributed by atoms with E-state index in [1.165, 1.54) is 28.2 Å². The lowest BCUT2D eigenvalue weighted by molar-refractivity contribution is -0.0278. The van der Waals surface area contributed by atoms with E-state index in [0.29, 0.717) is 31.6 Å². The Morgan fingerprint density at radius 1 is 1.10 bits per heavy atom. The van der Waals surface area contributed by atoms with Crippen molar-refractivity contribution in [3.8, 4) is 0 Å². The van der Waals surface area contributed by atoms with Crippen LogP contribution in [0.1, 0.15) is 112 Å². The summed E-state index contributed by atoms with van der Waals surface area (Å²) in [6.45, 7) is 9.25. The smallest absolute Gasteiger partial charge is 0.290 e. The number of hydrogen-bond acceptors (Lipinski definition) is 5. The zero-order valence-electron chi connectivity index (χ0n) is 24.0. The number of hydrogen-bond donors (Lipinski definition) is 0. The Kier molecular flexibility index (Phi) is 11.1. The van der Waals surface area contributed by atoms with Gasteiger partial charge in [-0.1, -0.05) is 43.5 Å². The number of unbranched alkanes of at least 4 members (excludes halogenated alkanes) is 1. The molecule has 7 nitrogen and oxygen atoms in total. The number of Topliss-reactive ketones (excluding diaryl/α,β-unsaturated/α-hetero) is 1. The van der Waals surface area contributed by atoms with Crippen molar-refractivity contribution in [2.45, 2.75) is 97.1 Å². The van der Waals surface area contributed by atoms with E-state index in [1.807, 2.05) is 27.7 Å². The van der Waals surface area contributed by atoms with Crippen LogP contribution in [0, 0.1) is 5.92 Å². The van der Waals surface area contributed by atoms with Gasteiger partial charge in [0.25, 0.3) is 11.8 Å². The zero-order chi connectivity index (χ0) is 29.7. The quantitative estimate of drug-likeness (QED) is 0.233. The molecule has 2 heterocycles. The van der Waals surface area contributed by atoms with Crippen LogP contribution in [0.25, 0.3) is 0 Å². The van der Waals surface area contributed by atoms with Crippen molar-refractivity contribution < 1.29 is 23.1 Å².